The predicted molar refractivity (Wildman–Crippen MR) is 110 cm³/mol. The van der Waals surface area contributed by atoms with Gasteiger partial charge in [0.05, 0.1) is 7.11 Å². The van der Waals surface area contributed by atoms with E-state index in [0.29, 0.717) is 5.69 Å². The van der Waals surface area contributed by atoms with Gasteiger partial charge in [-0.3, -0.25) is 14.5 Å². The van der Waals surface area contributed by atoms with Crippen molar-refractivity contribution in [3.05, 3.63) is 58.0 Å². The maximum atomic E-state index is 12.9. The van der Waals surface area contributed by atoms with Crippen molar-refractivity contribution >= 4 is 5.91 Å². The molecule has 2 fully saturated rings. The highest BCUT2D eigenvalue weighted by molar-refractivity contribution is 5.92. The number of carbonyl (C=O) groups is 1. The van der Waals surface area contributed by atoms with E-state index in [0.717, 1.165) is 57.7 Å². The molecule has 154 valence electrons. The van der Waals surface area contributed by atoms with Gasteiger partial charge in [0, 0.05) is 44.7 Å². The second kappa shape index (κ2) is 7.99. The molecule has 7 nitrogen and oxygen atoms in total. The van der Waals surface area contributed by atoms with Gasteiger partial charge in [-0.2, -0.15) is 5.10 Å². The third kappa shape index (κ3) is 4.19. The fourth-order valence-corrected chi connectivity index (χ4v) is 4.69. The number of amides is 1. The highest BCUT2D eigenvalue weighted by Gasteiger charge is 2.43. The van der Waals surface area contributed by atoms with Gasteiger partial charge in [-0.1, -0.05) is 12.1 Å². The number of methoxy groups -OCH3 is 1. The molecule has 2 aliphatic heterocycles. The van der Waals surface area contributed by atoms with Crippen molar-refractivity contribution in [1.29, 1.82) is 0 Å². The van der Waals surface area contributed by atoms with E-state index in [1.54, 1.807) is 14.2 Å². The smallest absolute Gasteiger partial charge is 0.274 e. The summed E-state index contributed by atoms with van der Waals surface area (Å²) in [4.78, 5) is 28.8. The van der Waals surface area contributed by atoms with Gasteiger partial charge < -0.3 is 9.64 Å². The van der Waals surface area contributed by atoms with Crippen LogP contribution in [0, 0.1) is 5.41 Å². The molecule has 0 aliphatic carbocycles. The number of benzene rings is 1. The van der Waals surface area contributed by atoms with Gasteiger partial charge in [-0.15, -0.1) is 0 Å². The summed E-state index contributed by atoms with van der Waals surface area (Å²) in [7, 11) is 3.26. The zero-order chi connectivity index (χ0) is 20.4. The van der Waals surface area contributed by atoms with Gasteiger partial charge in [0.2, 0.25) is 0 Å². The second-order valence-electron chi connectivity index (χ2n) is 8.32. The molecule has 1 aromatic heterocycles. The van der Waals surface area contributed by atoms with Gasteiger partial charge in [0.1, 0.15) is 11.4 Å². The third-order valence-electron chi connectivity index (χ3n) is 6.19. The number of rotatable bonds is 4. The summed E-state index contributed by atoms with van der Waals surface area (Å²) in [6, 6.07) is 11.2. The summed E-state index contributed by atoms with van der Waals surface area (Å²) in [6.45, 7) is 4.47. The van der Waals surface area contributed by atoms with E-state index in [1.807, 2.05) is 17.0 Å². The normalized spacial score (nSPS) is 22.2. The largest absolute Gasteiger partial charge is 0.497 e. The van der Waals surface area contributed by atoms with Crippen molar-refractivity contribution < 1.29 is 9.53 Å². The van der Waals surface area contributed by atoms with Gasteiger partial charge in [0.25, 0.3) is 11.5 Å². The molecule has 1 spiro atoms. The Bertz CT molecular complexity index is 957. The molecule has 4 rings (SSSR count). The molecular weight excluding hydrogens is 368 g/mol. The fraction of sp³-hybridized carbons (Fsp3) is 0.500. The van der Waals surface area contributed by atoms with Gasteiger partial charge >= 0.3 is 0 Å². The van der Waals surface area contributed by atoms with Crippen LogP contribution in [0.5, 0.6) is 5.75 Å². The monoisotopic (exact) mass is 396 g/mol. The van der Waals surface area contributed by atoms with Crippen LogP contribution in [-0.2, 0) is 13.6 Å². The number of ether oxygens (including phenoxy) is 1. The summed E-state index contributed by atoms with van der Waals surface area (Å²) in [5.74, 6) is 0.805. The summed E-state index contributed by atoms with van der Waals surface area (Å²) < 4.78 is 6.56. The first kappa shape index (κ1) is 19.6. The molecule has 1 atom stereocenters. The Kier molecular flexibility index (Phi) is 5.41. The summed E-state index contributed by atoms with van der Waals surface area (Å²) in [6.07, 6.45) is 3.30. The van der Waals surface area contributed by atoms with E-state index in [1.165, 1.54) is 22.4 Å². The Morgan fingerprint density at radius 2 is 2.03 bits per heavy atom. The first-order valence-electron chi connectivity index (χ1n) is 10.2. The summed E-state index contributed by atoms with van der Waals surface area (Å²) in [5.41, 5.74) is 1.53. The number of carbonyl (C=O) groups excluding carboxylic acids is 1. The predicted octanol–water partition coefficient (Wildman–Crippen LogP) is 1.92. The van der Waals surface area contributed by atoms with Crippen molar-refractivity contribution in [3.63, 3.8) is 0 Å². The fourth-order valence-electron chi connectivity index (χ4n) is 4.69. The number of piperidine rings is 1. The average molecular weight is 396 g/mol. The van der Waals surface area contributed by atoms with Crippen LogP contribution in [0.25, 0.3) is 0 Å². The van der Waals surface area contributed by atoms with Crippen molar-refractivity contribution in [2.75, 3.05) is 33.3 Å². The lowest BCUT2D eigenvalue weighted by atomic mass is 9.79. The molecule has 2 aromatic rings. The Balaban J connectivity index is 1.42. The van der Waals surface area contributed by atoms with Crippen LogP contribution < -0.4 is 10.3 Å². The number of hydrogen-bond acceptors (Lipinski definition) is 5. The van der Waals surface area contributed by atoms with E-state index in [2.05, 4.69) is 22.1 Å². The highest BCUT2D eigenvalue weighted by atomic mass is 16.5. The number of hydrogen-bond donors (Lipinski definition) is 0. The van der Waals surface area contributed by atoms with Crippen molar-refractivity contribution in [2.45, 2.75) is 25.8 Å². The Hall–Kier alpha value is -2.67. The standard InChI is InChI=1S/C22H28N4O3/c1-24-20(27)8-7-19(23-24)21(28)26-12-10-22(16-26)9-4-11-25(15-22)14-17-5-3-6-18(13-17)29-2/h3,5-8,13H,4,9-12,14-16H2,1-2H3. The quantitative estimate of drug-likeness (QED) is 0.790. The Morgan fingerprint density at radius 3 is 2.83 bits per heavy atom. The van der Waals surface area contributed by atoms with Crippen molar-refractivity contribution in [3.8, 4) is 5.75 Å². The molecule has 0 saturated carbocycles. The lowest BCUT2D eigenvalue weighted by Gasteiger charge is -2.40. The van der Waals surface area contributed by atoms with Gasteiger partial charge in [-0.25, -0.2) is 4.68 Å². The van der Waals surface area contributed by atoms with Crippen LogP contribution >= 0.6 is 0 Å². The van der Waals surface area contributed by atoms with Crippen molar-refractivity contribution in [1.82, 2.24) is 19.6 Å². The van der Waals surface area contributed by atoms with E-state index < -0.39 is 0 Å². The van der Waals surface area contributed by atoms with E-state index in [-0.39, 0.29) is 16.9 Å². The Labute approximate surface area is 170 Å². The maximum Gasteiger partial charge on any atom is 0.274 e. The first-order valence-corrected chi connectivity index (χ1v) is 10.2. The van der Waals surface area contributed by atoms with Crippen LogP contribution in [0.4, 0.5) is 0 Å². The first-order chi connectivity index (χ1) is 14.0. The van der Waals surface area contributed by atoms with E-state index >= 15 is 0 Å². The molecule has 2 aliphatic rings. The molecule has 0 bridgehead atoms. The number of likely N-dealkylation sites (tertiary alicyclic amines) is 2. The molecule has 0 radical (unpaired) electrons. The van der Waals surface area contributed by atoms with Crippen LogP contribution in [0.1, 0.15) is 35.3 Å². The van der Waals surface area contributed by atoms with E-state index in [4.69, 9.17) is 4.74 Å². The SMILES string of the molecule is COc1cccc(CN2CCCC3(CCN(C(=O)c4ccc(=O)n(C)n4)C3)C2)c1. The van der Waals surface area contributed by atoms with Crippen LogP contribution in [-0.4, -0.2) is 58.8 Å². The second-order valence-corrected chi connectivity index (χ2v) is 8.32. The zero-order valence-electron chi connectivity index (χ0n) is 17.1. The zero-order valence-corrected chi connectivity index (χ0v) is 17.1. The summed E-state index contributed by atoms with van der Waals surface area (Å²) >= 11 is 0. The molecular formula is C22H28N4O3. The van der Waals surface area contributed by atoms with Crippen LogP contribution in [0.3, 0.4) is 0 Å². The minimum Gasteiger partial charge on any atom is -0.497 e. The molecule has 1 aromatic carbocycles. The van der Waals surface area contributed by atoms with Gasteiger partial charge in [-0.05, 0) is 49.6 Å². The van der Waals surface area contributed by atoms with Gasteiger partial charge in [0.15, 0.2) is 0 Å². The molecule has 0 N–H and O–H groups in total. The number of aryl methyl sites for hydroxylation is 1. The topological polar surface area (TPSA) is 67.7 Å². The molecule has 1 unspecified atom stereocenters. The van der Waals surface area contributed by atoms with Crippen LogP contribution in [0.15, 0.2) is 41.2 Å². The molecule has 3 heterocycles. The average Bonchev–Trinajstić information content (AvgIpc) is 3.12. The number of nitrogens with zero attached hydrogens (tertiary/aromatic N) is 4. The van der Waals surface area contributed by atoms with Crippen molar-refractivity contribution in [2.24, 2.45) is 12.5 Å². The maximum absolute atomic E-state index is 12.9. The highest BCUT2D eigenvalue weighted by Crippen LogP contribution is 2.39. The minimum absolute atomic E-state index is 0.0811. The molecule has 1 amide bonds. The molecule has 29 heavy (non-hydrogen) atoms. The number of aromatic nitrogens is 2. The summed E-state index contributed by atoms with van der Waals surface area (Å²) in [5, 5.41) is 4.13. The van der Waals surface area contributed by atoms with Crippen LogP contribution in [0.2, 0.25) is 0 Å². The van der Waals surface area contributed by atoms with E-state index in [9.17, 15) is 9.59 Å². The molecule has 7 heteroatoms. The third-order valence-corrected chi connectivity index (χ3v) is 6.19. The molecule has 2 saturated heterocycles. The lowest BCUT2D eigenvalue weighted by molar-refractivity contribution is 0.0669. The lowest BCUT2D eigenvalue weighted by Crippen LogP contribution is -2.45. The minimum atomic E-state index is -0.208. The Morgan fingerprint density at radius 1 is 1.17 bits per heavy atom.